The van der Waals surface area contributed by atoms with Crippen molar-refractivity contribution in [1.29, 1.82) is 0 Å². The van der Waals surface area contributed by atoms with E-state index in [1.54, 1.807) is 13.1 Å². The molecule has 0 aliphatic carbocycles. The van der Waals surface area contributed by atoms with E-state index in [9.17, 15) is 22.8 Å². The Kier molecular flexibility index (Phi) is 27.6. The third-order valence-corrected chi connectivity index (χ3v) is 10.1. The minimum Gasteiger partial charge on any atom is -0.493 e. The van der Waals surface area contributed by atoms with Crippen molar-refractivity contribution in [2.24, 2.45) is 40.3 Å². The zero-order valence-electron chi connectivity index (χ0n) is 39.1. The van der Waals surface area contributed by atoms with E-state index in [0.29, 0.717) is 47.3 Å². The number of rotatable bonds is 19. The van der Waals surface area contributed by atoms with Crippen molar-refractivity contribution in [2.45, 2.75) is 147 Å². The van der Waals surface area contributed by atoms with Gasteiger partial charge in [-0.1, -0.05) is 114 Å². The van der Waals surface area contributed by atoms with Crippen LogP contribution in [0.5, 0.6) is 5.75 Å². The second-order valence-electron chi connectivity index (χ2n) is 16.3. The number of aliphatic imine (C=N–C) groups is 1. The van der Waals surface area contributed by atoms with Crippen molar-refractivity contribution >= 4 is 29.3 Å². The Morgan fingerprint density at radius 2 is 1.60 bits per heavy atom. The van der Waals surface area contributed by atoms with Crippen molar-refractivity contribution in [1.82, 2.24) is 9.88 Å². The molecule has 1 aliphatic rings. The van der Waals surface area contributed by atoms with Crippen molar-refractivity contribution in [2.75, 3.05) is 19.0 Å². The number of allylic oxidation sites excluding steroid dienone is 2. The number of aldehydes is 1. The van der Waals surface area contributed by atoms with E-state index in [2.05, 4.69) is 96.0 Å². The van der Waals surface area contributed by atoms with Crippen LogP contribution in [0.2, 0.25) is 0 Å². The smallest absolute Gasteiger partial charge is 0.416 e. The molecule has 3 unspecified atom stereocenters. The van der Waals surface area contributed by atoms with E-state index in [1.165, 1.54) is 19.9 Å². The number of nitrogens with one attached hydrogen (secondary N) is 1. The summed E-state index contributed by atoms with van der Waals surface area (Å²) in [5.41, 5.74) is 10.5. The van der Waals surface area contributed by atoms with Crippen molar-refractivity contribution < 1.29 is 27.5 Å². The summed E-state index contributed by atoms with van der Waals surface area (Å²) in [6, 6.07) is 7.53. The Morgan fingerprint density at radius 1 is 0.967 bits per heavy atom. The maximum absolute atomic E-state index is 12.0. The second kappa shape index (κ2) is 29.8. The molecule has 0 saturated carbocycles. The lowest BCUT2D eigenvalue weighted by atomic mass is 9.84. The number of alkyl halides is 3. The molecule has 1 aromatic heterocycles. The summed E-state index contributed by atoms with van der Waals surface area (Å²) >= 11 is 0. The van der Waals surface area contributed by atoms with E-state index in [1.807, 2.05) is 31.3 Å². The SMILES string of the molecule is C=C(C(CC[C@H](C)CC)CC(C)CC)N1C=CN=C(N)/C1=C(\c1ccc(C=O)cc1OCC)C(C)CC.CC(C)C.CCCCC(C)=O.CNc1cc(C(F)(F)F)ccn1. The number of Topliss-reactive ketones (excluding diaryl/α,β-unsaturated/α-hetero) is 1. The first-order valence-electron chi connectivity index (χ1n) is 21.9. The molecule has 4 atom stereocenters. The number of unbranched alkanes of at least 4 members (excludes halogenated alkanes) is 1. The maximum Gasteiger partial charge on any atom is 0.416 e. The Labute approximate surface area is 361 Å². The van der Waals surface area contributed by atoms with Crippen LogP contribution in [0, 0.1) is 29.6 Å². The average molecular weight is 842 g/mol. The van der Waals surface area contributed by atoms with Crippen LogP contribution in [0.25, 0.3) is 5.57 Å². The average Bonchev–Trinajstić information content (AvgIpc) is 3.21. The van der Waals surface area contributed by atoms with Gasteiger partial charge in [0, 0.05) is 48.9 Å². The van der Waals surface area contributed by atoms with Crippen LogP contribution < -0.4 is 15.8 Å². The molecule has 0 fully saturated rings. The van der Waals surface area contributed by atoms with Gasteiger partial charge in [0.2, 0.25) is 0 Å². The molecule has 338 valence electrons. The van der Waals surface area contributed by atoms with Crippen LogP contribution in [0.15, 0.2) is 71.9 Å². The molecule has 0 radical (unpaired) electrons. The van der Waals surface area contributed by atoms with Crippen molar-refractivity contribution in [3.05, 3.63) is 83.6 Å². The van der Waals surface area contributed by atoms with E-state index in [0.717, 1.165) is 98.0 Å². The number of nitrogens with two attached hydrogens (primary N) is 1. The molecule has 2 aromatic rings. The number of benzene rings is 1. The van der Waals surface area contributed by atoms with Gasteiger partial charge in [0.1, 0.15) is 29.5 Å². The van der Waals surface area contributed by atoms with Gasteiger partial charge in [-0.05, 0) is 92.9 Å². The lowest BCUT2D eigenvalue weighted by Crippen LogP contribution is -2.34. The number of amidine groups is 1. The molecule has 8 nitrogen and oxygen atoms in total. The summed E-state index contributed by atoms with van der Waals surface area (Å²) in [7, 11) is 1.52. The number of aromatic nitrogens is 1. The highest BCUT2D eigenvalue weighted by Gasteiger charge is 2.31. The summed E-state index contributed by atoms with van der Waals surface area (Å²) in [5, 5.41) is 2.53. The molecule has 3 rings (SSSR count). The summed E-state index contributed by atoms with van der Waals surface area (Å²) in [6.07, 6.45) is 11.0. The topological polar surface area (TPSA) is 110 Å². The number of carbonyl (C=O) groups is 2. The summed E-state index contributed by atoms with van der Waals surface area (Å²) in [6.45, 7) is 30.9. The zero-order chi connectivity index (χ0) is 46.0. The number of hydrogen-bond donors (Lipinski definition) is 2. The minimum atomic E-state index is -4.30. The Morgan fingerprint density at radius 3 is 2.08 bits per heavy atom. The van der Waals surface area contributed by atoms with Gasteiger partial charge in [-0.15, -0.1) is 0 Å². The van der Waals surface area contributed by atoms with E-state index >= 15 is 0 Å². The monoisotopic (exact) mass is 842 g/mol. The largest absolute Gasteiger partial charge is 0.493 e. The number of hydrogen-bond acceptors (Lipinski definition) is 8. The maximum atomic E-state index is 12.0. The highest BCUT2D eigenvalue weighted by molar-refractivity contribution is 6.05. The molecule has 0 saturated heterocycles. The minimum absolute atomic E-state index is 0.181. The Bertz CT molecular complexity index is 1660. The molecule has 11 heteroatoms. The molecule has 2 heterocycles. The molecular weight excluding hydrogens is 764 g/mol. The van der Waals surface area contributed by atoms with Gasteiger partial charge >= 0.3 is 6.18 Å². The van der Waals surface area contributed by atoms with Crippen molar-refractivity contribution in [3.8, 4) is 5.75 Å². The number of anilines is 1. The first-order valence-corrected chi connectivity index (χ1v) is 21.9. The van der Waals surface area contributed by atoms with Crippen LogP contribution in [0.3, 0.4) is 0 Å². The van der Waals surface area contributed by atoms with Gasteiger partial charge < -0.3 is 25.5 Å². The fourth-order valence-corrected chi connectivity index (χ4v) is 6.02. The summed E-state index contributed by atoms with van der Waals surface area (Å²) < 4.78 is 42.2. The number of pyridine rings is 1. The third-order valence-electron chi connectivity index (χ3n) is 10.1. The lowest BCUT2D eigenvalue weighted by molar-refractivity contribution is -0.137. The van der Waals surface area contributed by atoms with Crippen LogP contribution in [-0.2, 0) is 11.0 Å². The fourth-order valence-electron chi connectivity index (χ4n) is 6.02. The number of nitrogens with zero attached hydrogens (tertiary/aromatic N) is 3. The predicted molar refractivity (Wildman–Crippen MR) is 247 cm³/mol. The highest BCUT2D eigenvalue weighted by atomic mass is 19.4. The number of ketones is 1. The molecule has 3 N–H and O–H groups in total. The molecule has 0 spiro atoms. The summed E-state index contributed by atoms with van der Waals surface area (Å²) in [4.78, 5) is 32.1. The first-order chi connectivity index (χ1) is 28.3. The Balaban J connectivity index is 0.00000122. The number of halogens is 3. The zero-order valence-corrected chi connectivity index (χ0v) is 39.1. The predicted octanol–water partition coefficient (Wildman–Crippen LogP) is 13.8. The van der Waals surface area contributed by atoms with Gasteiger partial charge in [0.05, 0.1) is 17.9 Å². The van der Waals surface area contributed by atoms with E-state index in [4.69, 9.17) is 10.5 Å². The second-order valence-corrected chi connectivity index (χ2v) is 16.3. The fraction of sp³-hybridized carbons (Fsp3) is 0.592. The van der Waals surface area contributed by atoms with Crippen molar-refractivity contribution in [3.63, 3.8) is 0 Å². The lowest BCUT2D eigenvalue weighted by Gasteiger charge is -2.36. The van der Waals surface area contributed by atoms with Gasteiger partial charge in [-0.25, -0.2) is 9.98 Å². The molecule has 0 amide bonds. The first kappa shape index (κ1) is 55.6. The van der Waals surface area contributed by atoms with Gasteiger partial charge in [0.25, 0.3) is 0 Å². The normalized spacial score (nSPS) is 15.0. The van der Waals surface area contributed by atoms with Crippen LogP contribution in [0.1, 0.15) is 162 Å². The van der Waals surface area contributed by atoms with Crippen LogP contribution in [0.4, 0.5) is 19.0 Å². The van der Waals surface area contributed by atoms with Crippen LogP contribution >= 0.6 is 0 Å². The number of ether oxygens (including phenoxy) is 1. The third kappa shape index (κ3) is 20.7. The number of carbonyl (C=O) groups excluding carboxylic acids is 2. The molecule has 60 heavy (non-hydrogen) atoms. The van der Waals surface area contributed by atoms with Gasteiger partial charge in [-0.2, -0.15) is 13.2 Å². The molecule has 1 aromatic carbocycles. The standard InChI is InChI=1S/C32H49N3O2.C7H7F3N2.C6H12O.C4H10/c1-9-22(5)13-15-27(19-23(6)10-2)25(8)35-18-17-34-32(33)31(35)30(24(7)11-3)28-16-14-26(21-36)20-29(28)37-12-4;1-11-6-4-5(2-3-12-6)7(8,9)10;1-3-4-5-6(2)7;1-4(2)3/h14,16-18,20-24,27H,8-13,15,19H2,1-7H3,(H2,33,34);2-4H,1H3,(H,11,12);3-5H2,1-2H3;4H,1-3H3/b31-30+;;;/t22-,23?,24?,27?;;;/m1.../s1. The summed E-state index contributed by atoms with van der Waals surface area (Å²) in [5.74, 6) is 4.34. The highest BCUT2D eigenvalue weighted by Crippen LogP contribution is 2.41. The molecule has 0 bridgehead atoms. The van der Waals surface area contributed by atoms with Gasteiger partial charge in [0.15, 0.2) is 0 Å². The van der Waals surface area contributed by atoms with Crippen LogP contribution in [-0.4, -0.2) is 41.4 Å². The van der Waals surface area contributed by atoms with E-state index < -0.39 is 11.7 Å². The molecule has 1 aliphatic heterocycles. The molecular formula is C49H78F3N5O3. The van der Waals surface area contributed by atoms with Gasteiger partial charge in [-0.3, -0.25) is 4.79 Å². The Hall–Kier alpha value is -4.41. The van der Waals surface area contributed by atoms with E-state index in [-0.39, 0.29) is 11.7 Å². The quantitative estimate of drug-likeness (QED) is 0.136.